The average Bonchev–Trinajstić information content (AvgIpc) is 3.18. The number of hydrogen-bond donors (Lipinski definition) is 1. The first-order valence-corrected chi connectivity index (χ1v) is 9.48. The third kappa shape index (κ3) is 3.55. The Bertz CT molecular complexity index is 1090. The lowest BCUT2D eigenvalue weighted by atomic mass is 9.97. The Morgan fingerprint density at radius 1 is 1.21 bits per heavy atom. The molecule has 6 nitrogen and oxygen atoms in total. The van der Waals surface area contributed by atoms with Crippen LogP contribution in [0.2, 0.25) is 0 Å². The van der Waals surface area contributed by atoms with Gasteiger partial charge < -0.3 is 14.6 Å². The Morgan fingerprint density at radius 2 is 2.04 bits per heavy atom. The predicted octanol–water partition coefficient (Wildman–Crippen LogP) is 2.13. The number of likely N-dealkylation sites (tertiary alicyclic amines) is 1. The Hall–Kier alpha value is -2.99. The fourth-order valence-electron chi connectivity index (χ4n) is 3.90. The molecule has 1 aromatic heterocycles. The minimum absolute atomic E-state index is 0.0176. The summed E-state index contributed by atoms with van der Waals surface area (Å²) >= 11 is 0. The quantitative estimate of drug-likeness (QED) is 0.756. The number of fused-ring (bicyclic) bond motifs is 1. The highest BCUT2D eigenvalue weighted by Crippen LogP contribution is 2.23. The van der Waals surface area contributed by atoms with E-state index in [0.717, 1.165) is 24.9 Å². The second kappa shape index (κ2) is 7.56. The fraction of sp³-hybridized carbons (Fsp3) is 0.318. The highest BCUT2D eigenvalue weighted by Gasteiger charge is 2.27. The molecule has 0 spiro atoms. The van der Waals surface area contributed by atoms with Gasteiger partial charge in [0.15, 0.2) is 0 Å². The average molecular weight is 377 g/mol. The van der Waals surface area contributed by atoms with Crippen LogP contribution in [0.15, 0.2) is 53.6 Å². The standard InChI is InChI=1S/C22H23N3O3/c1-24-14-23-20-11-18(5-6-19(20)22(24)28)21(27)25-8-7-16(12-25)9-15-3-2-4-17(10-15)13-26/h2-6,10-11,14,16,26H,7-9,12-13H2,1H3/t16-/m1/s1. The van der Waals surface area contributed by atoms with Gasteiger partial charge in [-0.05, 0) is 48.1 Å². The van der Waals surface area contributed by atoms with Crippen LogP contribution in [0.4, 0.5) is 0 Å². The van der Waals surface area contributed by atoms with Gasteiger partial charge in [-0.2, -0.15) is 0 Å². The lowest BCUT2D eigenvalue weighted by Gasteiger charge is -2.17. The molecule has 1 amide bonds. The monoisotopic (exact) mass is 377 g/mol. The van der Waals surface area contributed by atoms with Gasteiger partial charge in [0.25, 0.3) is 11.5 Å². The van der Waals surface area contributed by atoms with E-state index in [0.29, 0.717) is 28.9 Å². The maximum absolute atomic E-state index is 12.9. The van der Waals surface area contributed by atoms with Crippen LogP contribution in [-0.4, -0.2) is 38.6 Å². The number of rotatable bonds is 4. The van der Waals surface area contributed by atoms with Gasteiger partial charge in [-0.15, -0.1) is 0 Å². The van der Waals surface area contributed by atoms with Gasteiger partial charge in [0.1, 0.15) is 0 Å². The first-order chi connectivity index (χ1) is 13.5. The van der Waals surface area contributed by atoms with E-state index in [1.807, 2.05) is 23.1 Å². The molecule has 2 heterocycles. The van der Waals surface area contributed by atoms with E-state index in [4.69, 9.17) is 0 Å². The van der Waals surface area contributed by atoms with Crippen molar-refractivity contribution in [2.75, 3.05) is 13.1 Å². The first-order valence-electron chi connectivity index (χ1n) is 9.48. The van der Waals surface area contributed by atoms with Gasteiger partial charge in [0, 0.05) is 25.7 Å². The number of carbonyl (C=O) groups is 1. The summed E-state index contributed by atoms with van der Waals surface area (Å²) in [4.78, 5) is 31.2. The maximum atomic E-state index is 12.9. The molecule has 0 radical (unpaired) electrons. The molecule has 0 saturated carbocycles. The number of aliphatic hydroxyl groups is 1. The number of carbonyl (C=O) groups excluding carboxylic acids is 1. The Labute approximate surface area is 163 Å². The van der Waals surface area contributed by atoms with Gasteiger partial charge >= 0.3 is 0 Å². The largest absolute Gasteiger partial charge is 0.392 e. The lowest BCUT2D eigenvalue weighted by molar-refractivity contribution is 0.0787. The second-order valence-corrected chi connectivity index (χ2v) is 7.48. The molecule has 1 aliphatic rings. The molecule has 1 N–H and O–H groups in total. The van der Waals surface area contributed by atoms with Crippen molar-refractivity contribution in [1.29, 1.82) is 0 Å². The van der Waals surface area contributed by atoms with E-state index >= 15 is 0 Å². The molecule has 2 aromatic carbocycles. The van der Waals surface area contributed by atoms with E-state index in [1.165, 1.54) is 16.5 Å². The van der Waals surface area contributed by atoms with E-state index in [1.54, 1.807) is 25.2 Å². The summed E-state index contributed by atoms with van der Waals surface area (Å²) in [5, 5.41) is 9.81. The lowest BCUT2D eigenvalue weighted by Crippen LogP contribution is -2.29. The van der Waals surface area contributed by atoms with Crippen LogP contribution in [0.3, 0.4) is 0 Å². The molecule has 28 heavy (non-hydrogen) atoms. The highest BCUT2D eigenvalue weighted by atomic mass is 16.3. The molecule has 1 fully saturated rings. The first kappa shape index (κ1) is 18.4. The van der Waals surface area contributed by atoms with E-state index in [9.17, 15) is 14.7 Å². The van der Waals surface area contributed by atoms with E-state index in [2.05, 4.69) is 11.1 Å². The smallest absolute Gasteiger partial charge is 0.260 e. The SMILES string of the molecule is Cn1cnc2cc(C(=O)N3CC[C@H](Cc4cccc(CO)c4)C3)ccc2c1=O. The molecule has 4 rings (SSSR count). The number of amides is 1. The number of aliphatic hydroxyl groups excluding tert-OH is 1. The molecule has 1 saturated heterocycles. The van der Waals surface area contributed by atoms with Gasteiger partial charge in [-0.25, -0.2) is 4.98 Å². The summed E-state index contributed by atoms with van der Waals surface area (Å²) in [6.07, 6.45) is 3.33. The third-order valence-corrected chi connectivity index (χ3v) is 5.44. The van der Waals surface area contributed by atoms with Crippen molar-refractivity contribution >= 4 is 16.8 Å². The van der Waals surface area contributed by atoms with Gasteiger partial charge in [0.2, 0.25) is 0 Å². The van der Waals surface area contributed by atoms with Crippen LogP contribution in [0.1, 0.15) is 27.9 Å². The molecule has 0 unspecified atom stereocenters. The predicted molar refractivity (Wildman–Crippen MR) is 107 cm³/mol. The van der Waals surface area contributed by atoms with Gasteiger partial charge in [-0.3, -0.25) is 9.59 Å². The molecule has 6 heteroatoms. The molecule has 144 valence electrons. The van der Waals surface area contributed by atoms with Crippen LogP contribution in [0, 0.1) is 5.92 Å². The molecular weight excluding hydrogens is 354 g/mol. The van der Waals surface area contributed by atoms with E-state index in [-0.39, 0.29) is 18.1 Å². The zero-order chi connectivity index (χ0) is 19.7. The van der Waals surface area contributed by atoms with Crippen molar-refractivity contribution in [3.05, 3.63) is 75.8 Å². The van der Waals surface area contributed by atoms with Crippen LogP contribution in [-0.2, 0) is 20.1 Å². The Kier molecular flexibility index (Phi) is 4.96. The normalized spacial score (nSPS) is 16.6. The fourth-order valence-corrected chi connectivity index (χ4v) is 3.90. The van der Waals surface area contributed by atoms with Crippen molar-refractivity contribution in [2.45, 2.75) is 19.4 Å². The van der Waals surface area contributed by atoms with Crippen LogP contribution in [0.5, 0.6) is 0 Å². The number of aryl methyl sites for hydroxylation is 1. The number of aromatic nitrogens is 2. The summed E-state index contributed by atoms with van der Waals surface area (Å²) in [6, 6.07) is 13.1. The van der Waals surface area contributed by atoms with Crippen molar-refractivity contribution in [1.82, 2.24) is 14.5 Å². The Balaban J connectivity index is 1.48. The zero-order valence-electron chi connectivity index (χ0n) is 15.8. The second-order valence-electron chi connectivity index (χ2n) is 7.48. The molecule has 0 bridgehead atoms. The summed E-state index contributed by atoms with van der Waals surface area (Å²) < 4.78 is 1.43. The minimum Gasteiger partial charge on any atom is -0.392 e. The van der Waals surface area contributed by atoms with Crippen molar-refractivity contribution in [2.24, 2.45) is 13.0 Å². The molecule has 0 aliphatic carbocycles. The number of nitrogens with zero attached hydrogens (tertiary/aromatic N) is 3. The number of hydrogen-bond acceptors (Lipinski definition) is 4. The zero-order valence-corrected chi connectivity index (χ0v) is 15.8. The minimum atomic E-state index is -0.115. The van der Waals surface area contributed by atoms with Crippen LogP contribution in [0.25, 0.3) is 10.9 Å². The highest BCUT2D eigenvalue weighted by molar-refractivity contribution is 5.97. The number of benzene rings is 2. The Morgan fingerprint density at radius 3 is 2.86 bits per heavy atom. The van der Waals surface area contributed by atoms with Crippen molar-refractivity contribution in [3.8, 4) is 0 Å². The van der Waals surface area contributed by atoms with Crippen molar-refractivity contribution in [3.63, 3.8) is 0 Å². The van der Waals surface area contributed by atoms with Gasteiger partial charge in [-0.1, -0.05) is 24.3 Å². The molecule has 1 atom stereocenters. The topological polar surface area (TPSA) is 75.4 Å². The third-order valence-electron chi connectivity index (χ3n) is 5.44. The maximum Gasteiger partial charge on any atom is 0.260 e. The van der Waals surface area contributed by atoms with E-state index < -0.39 is 0 Å². The van der Waals surface area contributed by atoms with Crippen LogP contribution < -0.4 is 5.56 Å². The van der Waals surface area contributed by atoms with Gasteiger partial charge in [0.05, 0.1) is 23.8 Å². The summed E-state index contributed by atoms with van der Waals surface area (Å²) in [7, 11) is 1.66. The molecule has 1 aliphatic heterocycles. The summed E-state index contributed by atoms with van der Waals surface area (Å²) in [5.41, 5.74) is 3.10. The molecule has 3 aromatic rings. The summed E-state index contributed by atoms with van der Waals surface area (Å²) in [6.45, 7) is 1.48. The van der Waals surface area contributed by atoms with Crippen molar-refractivity contribution < 1.29 is 9.90 Å². The molecular formula is C22H23N3O3. The summed E-state index contributed by atoms with van der Waals surface area (Å²) in [5.74, 6) is 0.389. The van der Waals surface area contributed by atoms with Crippen LogP contribution >= 0.6 is 0 Å².